The van der Waals surface area contributed by atoms with Crippen LogP contribution in [0, 0.1) is 13.8 Å². The Kier molecular flexibility index (Phi) is 4.95. The quantitative estimate of drug-likeness (QED) is 0.705. The number of nitrogens with one attached hydrogen (secondary N) is 2. The second-order valence-electron chi connectivity index (χ2n) is 5.73. The molecule has 5 heteroatoms. The molecule has 3 aromatic rings. The predicted molar refractivity (Wildman–Crippen MR) is 103 cm³/mol. The van der Waals surface area contributed by atoms with Crippen molar-refractivity contribution in [1.29, 1.82) is 0 Å². The Labute approximate surface area is 150 Å². The second-order valence-corrected chi connectivity index (χ2v) is 6.68. The van der Waals surface area contributed by atoms with E-state index in [1.807, 2.05) is 49.6 Å². The summed E-state index contributed by atoms with van der Waals surface area (Å²) in [5, 5.41) is 7.66. The Morgan fingerprint density at radius 3 is 2.32 bits per heavy atom. The fourth-order valence-corrected chi connectivity index (χ4v) is 3.12. The van der Waals surface area contributed by atoms with Crippen LogP contribution in [-0.4, -0.2) is 11.8 Å². The van der Waals surface area contributed by atoms with Crippen molar-refractivity contribution in [2.24, 2.45) is 0 Å². The number of anilines is 2. The maximum absolute atomic E-state index is 12.4. The van der Waals surface area contributed by atoms with E-state index in [1.165, 1.54) is 11.3 Å². The third kappa shape index (κ3) is 3.95. The van der Waals surface area contributed by atoms with Gasteiger partial charge in [-0.25, -0.2) is 0 Å². The number of rotatable bonds is 4. The highest BCUT2D eigenvalue weighted by molar-refractivity contribution is 7.12. The molecule has 0 unspecified atom stereocenters. The molecule has 0 fully saturated rings. The molecule has 3 rings (SSSR count). The first-order valence-corrected chi connectivity index (χ1v) is 8.75. The lowest BCUT2D eigenvalue weighted by atomic mass is 10.1. The zero-order valence-corrected chi connectivity index (χ0v) is 14.8. The number of aryl methyl sites for hydroxylation is 2. The molecule has 2 amide bonds. The summed E-state index contributed by atoms with van der Waals surface area (Å²) in [7, 11) is 0. The van der Waals surface area contributed by atoms with Crippen LogP contribution in [0.2, 0.25) is 0 Å². The van der Waals surface area contributed by atoms with Gasteiger partial charge in [0.1, 0.15) is 0 Å². The third-order valence-corrected chi connectivity index (χ3v) is 4.74. The standard InChI is InChI=1S/C20H18N2O2S/c1-13-6-3-4-7-16(13)19(23)21-15-9-10-17(14(2)12-15)22-20(24)18-8-5-11-25-18/h3-12H,1-2H3,(H,21,23)(H,22,24). The summed E-state index contributed by atoms with van der Waals surface area (Å²) in [5.41, 5.74) is 3.88. The molecule has 0 saturated heterocycles. The Hall–Kier alpha value is -2.92. The van der Waals surface area contributed by atoms with Gasteiger partial charge in [-0.3, -0.25) is 9.59 Å². The largest absolute Gasteiger partial charge is 0.322 e. The van der Waals surface area contributed by atoms with Crippen molar-refractivity contribution in [1.82, 2.24) is 0 Å². The smallest absolute Gasteiger partial charge is 0.265 e. The Morgan fingerprint density at radius 1 is 0.840 bits per heavy atom. The molecular formula is C20H18N2O2S. The lowest BCUT2D eigenvalue weighted by molar-refractivity contribution is 0.101. The van der Waals surface area contributed by atoms with Crippen molar-refractivity contribution in [3.63, 3.8) is 0 Å². The van der Waals surface area contributed by atoms with Gasteiger partial charge in [0.15, 0.2) is 0 Å². The highest BCUT2D eigenvalue weighted by Crippen LogP contribution is 2.22. The molecule has 0 spiro atoms. The number of hydrogen-bond donors (Lipinski definition) is 2. The second kappa shape index (κ2) is 7.32. The van der Waals surface area contributed by atoms with Gasteiger partial charge >= 0.3 is 0 Å². The van der Waals surface area contributed by atoms with E-state index in [9.17, 15) is 9.59 Å². The van der Waals surface area contributed by atoms with E-state index >= 15 is 0 Å². The van der Waals surface area contributed by atoms with Crippen molar-refractivity contribution in [3.05, 3.63) is 81.5 Å². The number of hydrogen-bond acceptors (Lipinski definition) is 3. The van der Waals surface area contributed by atoms with Gasteiger partial charge in [-0.1, -0.05) is 24.3 Å². The van der Waals surface area contributed by atoms with E-state index in [0.717, 1.165) is 16.8 Å². The maximum atomic E-state index is 12.4. The van der Waals surface area contributed by atoms with E-state index in [2.05, 4.69) is 10.6 Å². The molecule has 1 heterocycles. The average molecular weight is 350 g/mol. The SMILES string of the molecule is Cc1cc(NC(=O)c2ccccc2C)ccc1NC(=O)c1cccs1. The highest BCUT2D eigenvalue weighted by Gasteiger charge is 2.11. The molecule has 0 aliphatic heterocycles. The Balaban J connectivity index is 1.73. The van der Waals surface area contributed by atoms with Crippen LogP contribution in [0.4, 0.5) is 11.4 Å². The molecule has 2 N–H and O–H groups in total. The summed E-state index contributed by atoms with van der Waals surface area (Å²) in [5.74, 6) is -0.275. The number of carbonyl (C=O) groups is 2. The van der Waals surface area contributed by atoms with Crippen molar-refractivity contribution < 1.29 is 9.59 Å². The summed E-state index contributed by atoms with van der Waals surface area (Å²) in [6.07, 6.45) is 0. The van der Waals surface area contributed by atoms with E-state index in [1.54, 1.807) is 24.3 Å². The van der Waals surface area contributed by atoms with Gasteiger partial charge in [0.05, 0.1) is 4.88 Å². The number of carbonyl (C=O) groups excluding carboxylic acids is 2. The zero-order chi connectivity index (χ0) is 17.8. The normalized spacial score (nSPS) is 10.3. The van der Waals surface area contributed by atoms with Gasteiger partial charge < -0.3 is 10.6 Å². The van der Waals surface area contributed by atoms with Gasteiger partial charge in [-0.15, -0.1) is 11.3 Å². The molecule has 25 heavy (non-hydrogen) atoms. The number of benzene rings is 2. The molecular weight excluding hydrogens is 332 g/mol. The lowest BCUT2D eigenvalue weighted by Crippen LogP contribution is -2.14. The Bertz CT molecular complexity index is 917. The number of amides is 2. The van der Waals surface area contributed by atoms with Crippen molar-refractivity contribution >= 4 is 34.5 Å². The van der Waals surface area contributed by atoms with Crippen molar-refractivity contribution in [3.8, 4) is 0 Å². The van der Waals surface area contributed by atoms with E-state index in [-0.39, 0.29) is 11.8 Å². The van der Waals surface area contributed by atoms with Crippen LogP contribution >= 0.6 is 11.3 Å². The van der Waals surface area contributed by atoms with Gasteiger partial charge in [-0.2, -0.15) is 0 Å². The minimum atomic E-state index is -0.145. The van der Waals surface area contributed by atoms with Crippen LogP contribution in [0.1, 0.15) is 31.2 Å². The number of thiophene rings is 1. The van der Waals surface area contributed by atoms with E-state index < -0.39 is 0 Å². The van der Waals surface area contributed by atoms with Crippen LogP contribution in [-0.2, 0) is 0 Å². The van der Waals surface area contributed by atoms with Gasteiger partial charge in [0.25, 0.3) is 11.8 Å². The molecule has 0 aliphatic carbocycles. The van der Waals surface area contributed by atoms with Crippen LogP contribution in [0.25, 0.3) is 0 Å². The Morgan fingerprint density at radius 2 is 1.64 bits per heavy atom. The first kappa shape index (κ1) is 16.9. The molecule has 0 bridgehead atoms. The van der Waals surface area contributed by atoms with Crippen LogP contribution < -0.4 is 10.6 Å². The zero-order valence-electron chi connectivity index (χ0n) is 14.0. The van der Waals surface area contributed by atoms with Crippen molar-refractivity contribution in [2.45, 2.75) is 13.8 Å². The van der Waals surface area contributed by atoms with Gasteiger partial charge in [0.2, 0.25) is 0 Å². The third-order valence-electron chi connectivity index (χ3n) is 3.87. The van der Waals surface area contributed by atoms with Crippen molar-refractivity contribution in [2.75, 3.05) is 10.6 Å². The topological polar surface area (TPSA) is 58.2 Å². The van der Waals surface area contributed by atoms with Gasteiger partial charge in [-0.05, 0) is 60.7 Å². The molecule has 2 aromatic carbocycles. The molecule has 0 radical (unpaired) electrons. The fraction of sp³-hybridized carbons (Fsp3) is 0.100. The van der Waals surface area contributed by atoms with Crippen LogP contribution in [0.15, 0.2) is 60.0 Å². The average Bonchev–Trinajstić information content (AvgIpc) is 3.12. The monoisotopic (exact) mass is 350 g/mol. The predicted octanol–water partition coefficient (Wildman–Crippen LogP) is 4.87. The molecule has 1 aromatic heterocycles. The first-order chi connectivity index (χ1) is 12.0. The minimum Gasteiger partial charge on any atom is -0.322 e. The summed E-state index contributed by atoms with van der Waals surface area (Å²) in [6, 6.07) is 16.5. The lowest BCUT2D eigenvalue weighted by Gasteiger charge is -2.11. The minimum absolute atomic E-state index is 0.130. The van der Waals surface area contributed by atoms with Crippen LogP contribution in [0.5, 0.6) is 0 Å². The molecule has 0 aliphatic rings. The molecule has 0 atom stereocenters. The highest BCUT2D eigenvalue weighted by atomic mass is 32.1. The van der Waals surface area contributed by atoms with Crippen LogP contribution in [0.3, 0.4) is 0 Å². The maximum Gasteiger partial charge on any atom is 0.265 e. The summed E-state index contributed by atoms with van der Waals surface area (Å²) < 4.78 is 0. The summed E-state index contributed by atoms with van der Waals surface area (Å²) in [6.45, 7) is 3.80. The summed E-state index contributed by atoms with van der Waals surface area (Å²) in [4.78, 5) is 25.2. The van der Waals surface area contributed by atoms with E-state index in [4.69, 9.17) is 0 Å². The first-order valence-electron chi connectivity index (χ1n) is 7.87. The fourth-order valence-electron chi connectivity index (χ4n) is 2.50. The summed E-state index contributed by atoms with van der Waals surface area (Å²) >= 11 is 1.40. The molecule has 4 nitrogen and oxygen atoms in total. The van der Waals surface area contributed by atoms with Gasteiger partial charge in [0, 0.05) is 16.9 Å². The molecule has 0 saturated carbocycles. The molecule has 126 valence electrons. The van der Waals surface area contributed by atoms with E-state index in [0.29, 0.717) is 16.1 Å².